The number of hydrogen-bond acceptors (Lipinski definition) is 7. The predicted octanol–water partition coefficient (Wildman–Crippen LogP) is 3.85. The summed E-state index contributed by atoms with van der Waals surface area (Å²) >= 11 is 0. The molecular formula is C21H31N7O. The standard InChI is InChI=1S/C21H31N7O/c1-6-11-27(7-2)21-24-18-16(5)26-28(12-13-29-8-3)19(18)20(25-21)23-17-14-15(4)9-10-22-17/h9-10,14H,6-8,11-13H2,1-5H3,(H,22,23,24,25). The fourth-order valence-corrected chi connectivity index (χ4v) is 3.30. The van der Waals surface area contributed by atoms with E-state index in [-0.39, 0.29) is 0 Å². The minimum absolute atomic E-state index is 0.591. The van der Waals surface area contributed by atoms with Gasteiger partial charge in [-0.3, -0.25) is 4.68 Å². The van der Waals surface area contributed by atoms with Gasteiger partial charge in [-0.05, 0) is 51.8 Å². The summed E-state index contributed by atoms with van der Waals surface area (Å²) in [6.07, 6.45) is 2.83. The molecule has 0 amide bonds. The molecular weight excluding hydrogens is 366 g/mol. The summed E-state index contributed by atoms with van der Waals surface area (Å²) in [6, 6.07) is 3.98. The summed E-state index contributed by atoms with van der Waals surface area (Å²) in [5, 5.41) is 8.11. The van der Waals surface area contributed by atoms with Crippen molar-refractivity contribution in [3.8, 4) is 0 Å². The minimum atomic E-state index is 0.591. The second-order valence-corrected chi connectivity index (χ2v) is 7.00. The van der Waals surface area contributed by atoms with Gasteiger partial charge in [0, 0.05) is 25.9 Å². The summed E-state index contributed by atoms with van der Waals surface area (Å²) in [4.78, 5) is 16.4. The van der Waals surface area contributed by atoms with Crippen LogP contribution in [0.5, 0.6) is 0 Å². The number of pyridine rings is 1. The molecule has 0 radical (unpaired) electrons. The molecule has 8 nitrogen and oxygen atoms in total. The third kappa shape index (κ3) is 4.82. The first-order valence-corrected chi connectivity index (χ1v) is 10.3. The van der Waals surface area contributed by atoms with E-state index in [2.05, 4.69) is 29.0 Å². The van der Waals surface area contributed by atoms with Crippen LogP contribution in [-0.4, -0.2) is 51.0 Å². The third-order valence-electron chi connectivity index (χ3n) is 4.72. The van der Waals surface area contributed by atoms with Gasteiger partial charge < -0.3 is 15.0 Å². The Balaban J connectivity index is 2.11. The summed E-state index contributed by atoms with van der Waals surface area (Å²) in [5.41, 5.74) is 3.75. The summed E-state index contributed by atoms with van der Waals surface area (Å²) in [7, 11) is 0. The third-order valence-corrected chi connectivity index (χ3v) is 4.72. The van der Waals surface area contributed by atoms with Crippen molar-refractivity contribution in [2.24, 2.45) is 0 Å². The van der Waals surface area contributed by atoms with Crippen LogP contribution in [0.15, 0.2) is 18.3 Å². The van der Waals surface area contributed by atoms with Gasteiger partial charge in [-0.1, -0.05) is 6.92 Å². The number of aryl methyl sites for hydroxylation is 2. The lowest BCUT2D eigenvalue weighted by molar-refractivity contribution is 0.137. The van der Waals surface area contributed by atoms with Crippen molar-refractivity contribution < 1.29 is 4.74 Å². The Labute approximate surface area is 172 Å². The van der Waals surface area contributed by atoms with E-state index in [9.17, 15) is 0 Å². The molecule has 3 aromatic heterocycles. The zero-order chi connectivity index (χ0) is 20.8. The fraction of sp³-hybridized carbons (Fsp3) is 0.524. The summed E-state index contributed by atoms with van der Waals surface area (Å²) in [6.45, 7) is 14.0. The van der Waals surface area contributed by atoms with E-state index < -0.39 is 0 Å². The Morgan fingerprint density at radius 1 is 1.17 bits per heavy atom. The molecule has 3 aromatic rings. The molecule has 0 aromatic carbocycles. The van der Waals surface area contributed by atoms with E-state index in [1.54, 1.807) is 6.20 Å². The Morgan fingerprint density at radius 2 is 2.00 bits per heavy atom. The monoisotopic (exact) mass is 397 g/mol. The number of hydrogen-bond donors (Lipinski definition) is 1. The summed E-state index contributed by atoms with van der Waals surface area (Å²) < 4.78 is 7.47. The molecule has 0 aliphatic heterocycles. The first-order chi connectivity index (χ1) is 14.1. The molecule has 0 bridgehead atoms. The molecule has 0 aliphatic rings. The van der Waals surface area contributed by atoms with E-state index in [4.69, 9.17) is 19.8 Å². The Morgan fingerprint density at radius 3 is 2.69 bits per heavy atom. The molecule has 0 aliphatic carbocycles. The molecule has 29 heavy (non-hydrogen) atoms. The molecule has 1 N–H and O–H groups in total. The van der Waals surface area contributed by atoms with Crippen LogP contribution < -0.4 is 10.2 Å². The second kappa shape index (κ2) is 9.65. The first kappa shape index (κ1) is 21.0. The normalized spacial score (nSPS) is 11.2. The molecule has 8 heteroatoms. The van der Waals surface area contributed by atoms with Crippen molar-refractivity contribution in [3.05, 3.63) is 29.6 Å². The van der Waals surface area contributed by atoms with Crippen LogP contribution in [0.4, 0.5) is 17.6 Å². The van der Waals surface area contributed by atoms with Gasteiger partial charge in [-0.2, -0.15) is 10.1 Å². The number of rotatable bonds is 10. The number of anilines is 3. The maximum atomic E-state index is 5.54. The van der Waals surface area contributed by atoms with Gasteiger partial charge >= 0.3 is 0 Å². The average molecular weight is 398 g/mol. The van der Waals surface area contributed by atoms with Crippen LogP contribution in [0.2, 0.25) is 0 Å². The fourth-order valence-electron chi connectivity index (χ4n) is 3.30. The van der Waals surface area contributed by atoms with Crippen molar-refractivity contribution in [1.82, 2.24) is 24.7 Å². The van der Waals surface area contributed by atoms with E-state index in [0.717, 1.165) is 53.4 Å². The van der Waals surface area contributed by atoms with Gasteiger partial charge in [0.15, 0.2) is 5.82 Å². The number of nitrogens with one attached hydrogen (secondary N) is 1. The maximum absolute atomic E-state index is 5.54. The predicted molar refractivity (Wildman–Crippen MR) is 117 cm³/mol. The molecule has 3 rings (SSSR count). The lowest BCUT2D eigenvalue weighted by atomic mass is 10.3. The highest BCUT2D eigenvalue weighted by Crippen LogP contribution is 2.28. The molecule has 0 saturated carbocycles. The largest absolute Gasteiger partial charge is 0.380 e. The molecule has 0 atom stereocenters. The summed E-state index contributed by atoms with van der Waals surface area (Å²) in [5.74, 6) is 2.18. The van der Waals surface area contributed by atoms with Gasteiger partial charge in [-0.25, -0.2) is 9.97 Å². The van der Waals surface area contributed by atoms with Gasteiger partial charge in [-0.15, -0.1) is 0 Å². The number of nitrogens with zero attached hydrogens (tertiary/aromatic N) is 6. The van der Waals surface area contributed by atoms with Crippen molar-refractivity contribution >= 4 is 28.6 Å². The Hall–Kier alpha value is -2.74. The van der Waals surface area contributed by atoms with Gasteiger partial charge in [0.05, 0.1) is 18.8 Å². The van der Waals surface area contributed by atoms with E-state index >= 15 is 0 Å². The quantitative estimate of drug-likeness (QED) is 0.520. The Bertz CT molecular complexity index is 954. The maximum Gasteiger partial charge on any atom is 0.228 e. The molecule has 156 valence electrons. The van der Waals surface area contributed by atoms with Crippen LogP contribution in [0.3, 0.4) is 0 Å². The van der Waals surface area contributed by atoms with E-state index in [0.29, 0.717) is 25.7 Å². The number of ether oxygens (including phenoxy) is 1. The zero-order valence-corrected chi connectivity index (χ0v) is 18.1. The van der Waals surface area contributed by atoms with Crippen molar-refractivity contribution in [3.63, 3.8) is 0 Å². The van der Waals surface area contributed by atoms with Crippen LogP contribution >= 0.6 is 0 Å². The molecule has 0 fully saturated rings. The lowest BCUT2D eigenvalue weighted by Crippen LogP contribution is -2.26. The van der Waals surface area contributed by atoms with Crippen molar-refractivity contribution in [2.45, 2.75) is 47.6 Å². The number of aromatic nitrogens is 5. The van der Waals surface area contributed by atoms with E-state index in [1.807, 2.05) is 37.6 Å². The highest BCUT2D eigenvalue weighted by Gasteiger charge is 2.19. The molecule has 0 unspecified atom stereocenters. The van der Waals surface area contributed by atoms with Crippen LogP contribution in [0, 0.1) is 13.8 Å². The SMILES string of the molecule is CCCN(CC)c1nc(Nc2cc(C)ccn2)c2c(n1)c(C)nn2CCOCC. The molecule has 3 heterocycles. The molecule has 0 saturated heterocycles. The van der Waals surface area contributed by atoms with Crippen molar-refractivity contribution in [2.75, 3.05) is 36.5 Å². The first-order valence-electron chi connectivity index (χ1n) is 10.3. The van der Waals surface area contributed by atoms with Crippen LogP contribution in [0.1, 0.15) is 38.4 Å². The van der Waals surface area contributed by atoms with E-state index in [1.165, 1.54) is 0 Å². The highest BCUT2D eigenvalue weighted by molar-refractivity contribution is 5.90. The van der Waals surface area contributed by atoms with Gasteiger partial charge in [0.1, 0.15) is 16.9 Å². The minimum Gasteiger partial charge on any atom is -0.380 e. The van der Waals surface area contributed by atoms with Gasteiger partial charge in [0.25, 0.3) is 0 Å². The average Bonchev–Trinajstić information content (AvgIpc) is 3.02. The van der Waals surface area contributed by atoms with Crippen molar-refractivity contribution in [1.29, 1.82) is 0 Å². The number of fused-ring (bicyclic) bond motifs is 1. The van der Waals surface area contributed by atoms with Crippen LogP contribution in [0.25, 0.3) is 11.0 Å². The highest BCUT2D eigenvalue weighted by atomic mass is 16.5. The zero-order valence-electron chi connectivity index (χ0n) is 18.1. The van der Waals surface area contributed by atoms with Crippen LogP contribution in [-0.2, 0) is 11.3 Å². The smallest absolute Gasteiger partial charge is 0.228 e. The topological polar surface area (TPSA) is 81.0 Å². The second-order valence-electron chi connectivity index (χ2n) is 7.00. The molecule has 0 spiro atoms. The Kier molecular flexibility index (Phi) is 6.98. The lowest BCUT2D eigenvalue weighted by Gasteiger charge is -2.21. The van der Waals surface area contributed by atoms with Gasteiger partial charge in [0.2, 0.25) is 5.95 Å².